The van der Waals surface area contributed by atoms with E-state index in [0.29, 0.717) is 37.7 Å². The van der Waals surface area contributed by atoms with Crippen LogP contribution < -0.4 is 4.74 Å². The van der Waals surface area contributed by atoms with E-state index in [1.807, 2.05) is 82.1 Å². The molecule has 0 atom stereocenters. The van der Waals surface area contributed by atoms with E-state index in [4.69, 9.17) is 4.74 Å². The molecule has 1 fully saturated rings. The molecule has 1 aliphatic heterocycles. The first-order chi connectivity index (χ1) is 15.2. The van der Waals surface area contributed by atoms with Gasteiger partial charge in [0.2, 0.25) is 0 Å². The molecule has 7 heteroatoms. The number of ether oxygens (including phenoxy) is 1. The Morgan fingerprint density at radius 3 is 2.35 bits per heavy atom. The number of piperazine rings is 1. The molecule has 3 heterocycles. The predicted octanol–water partition coefficient (Wildman–Crippen LogP) is 5.02. The van der Waals surface area contributed by atoms with Crippen LogP contribution in [0, 0.1) is 0 Å². The van der Waals surface area contributed by atoms with E-state index < -0.39 is 0 Å². The predicted molar refractivity (Wildman–Crippen MR) is 126 cm³/mol. The molecule has 1 aliphatic rings. The van der Waals surface area contributed by atoms with Gasteiger partial charge in [-0.2, -0.15) is 0 Å². The Bertz CT molecular complexity index is 1060. The molecule has 0 radical (unpaired) electrons. The van der Waals surface area contributed by atoms with Crippen LogP contribution in [0.4, 0.5) is 0 Å². The van der Waals surface area contributed by atoms with Crippen molar-refractivity contribution in [3.63, 3.8) is 0 Å². The third-order valence-corrected chi connectivity index (χ3v) is 6.94. The molecule has 0 N–H and O–H groups in total. The number of carbonyl (C=O) groups excluding carboxylic acids is 2. The first kappa shape index (κ1) is 21.3. The van der Waals surface area contributed by atoms with Crippen molar-refractivity contribution in [3.05, 3.63) is 80.2 Å². The van der Waals surface area contributed by atoms with Gasteiger partial charge in [0.25, 0.3) is 11.8 Å². The summed E-state index contributed by atoms with van der Waals surface area (Å²) in [5.74, 6) is 0.899. The van der Waals surface area contributed by atoms with E-state index in [0.717, 1.165) is 21.8 Å². The van der Waals surface area contributed by atoms with Crippen LogP contribution in [0.2, 0.25) is 0 Å². The second-order valence-electron chi connectivity index (χ2n) is 7.21. The second kappa shape index (κ2) is 9.94. The monoisotopic (exact) mass is 452 g/mol. The fourth-order valence-corrected chi connectivity index (χ4v) is 5.03. The van der Waals surface area contributed by atoms with Gasteiger partial charge in [0, 0.05) is 37.3 Å². The third kappa shape index (κ3) is 5.06. The minimum absolute atomic E-state index is 0.0220. The Morgan fingerprint density at radius 2 is 1.68 bits per heavy atom. The summed E-state index contributed by atoms with van der Waals surface area (Å²) in [5, 5.41) is 3.88. The van der Waals surface area contributed by atoms with Crippen molar-refractivity contribution in [2.24, 2.45) is 0 Å². The molecule has 31 heavy (non-hydrogen) atoms. The van der Waals surface area contributed by atoms with E-state index >= 15 is 0 Å². The molecule has 0 unspecified atom stereocenters. The van der Waals surface area contributed by atoms with Crippen LogP contribution in [-0.2, 0) is 6.61 Å². The van der Waals surface area contributed by atoms with Gasteiger partial charge in [-0.3, -0.25) is 9.59 Å². The molecule has 0 saturated carbocycles. The molecule has 1 aromatic carbocycles. The topological polar surface area (TPSA) is 49.9 Å². The number of nitrogens with zero attached hydrogens (tertiary/aromatic N) is 2. The molecule has 0 spiro atoms. The lowest BCUT2D eigenvalue weighted by Gasteiger charge is -2.34. The zero-order valence-corrected chi connectivity index (χ0v) is 19.0. The van der Waals surface area contributed by atoms with E-state index in [1.54, 1.807) is 0 Å². The number of hydrogen-bond donors (Lipinski definition) is 0. The number of benzene rings is 1. The molecule has 2 amide bonds. The van der Waals surface area contributed by atoms with Crippen LogP contribution in [0.1, 0.15) is 37.4 Å². The zero-order valence-electron chi connectivity index (χ0n) is 17.3. The normalized spacial score (nSPS) is 14.2. The van der Waals surface area contributed by atoms with Crippen molar-refractivity contribution in [1.29, 1.82) is 0 Å². The molecule has 1 saturated heterocycles. The van der Waals surface area contributed by atoms with Crippen LogP contribution in [0.25, 0.3) is 6.08 Å². The molecular weight excluding hydrogens is 428 g/mol. The van der Waals surface area contributed by atoms with Gasteiger partial charge in [0.15, 0.2) is 0 Å². The molecule has 2 aromatic heterocycles. The van der Waals surface area contributed by atoms with Gasteiger partial charge in [-0.25, -0.2) is 0 Å². The van der Waals surface area contributed by atoms with E-state index in [1.165, 1.54) is 22.7 Å². The van der Waals surface area contributed by atoms with Crippen molar-refractivity contribution < 1.29 is 14.3 Å². The summed E-state index contributed by atoms with van der Waals surface area (Å²) in [6.45, 7) is 4.62. The van der Waals surface area contributed by atoms with Gasteiger partial charge in [-0.05, 0) is 35.9 Å². The minimum Gasteiger partial charge on any atom is -0.488 e. The summed E-state index contributed by atoms with van der Waals surface area (Å²) in [6, 6.07) is 13.5. The van der Waals surface area contributed by atoms with E-state index in [-0.39, 0.29) is 11.8 Å². The SMILES string of the molecule is C/C=C/c1ccccc1OCc1csc(C(=O)N2CCN(C(=O)c3cccs3)CC2)c1. The van der Waals surface area contributed by atoms with Crippen LogP contribution in [0.3, 0.4) is 0 Å². The van der Waals surface area contributed by atoms with Crippen molar-refractivity contribution in [2.45, 2.75) is 13.5 Å². The Morgan fingerprint density at radius 1 is 0.968 bits per heavy atom. The van der Waals surface area contributed by atoms with Crippen LogP contribution >= 0.6 is 22.7 Å². The minimum atomic E-state index is 0.0220. The fraction of sp³-hybridized carbons (Fsp3) is 0.250. The molecule has 0 bridgehead atoms. The first-order valence-electron chi connectivity index (χ1n) is 10.2. The highest BCUT2D eigenvalue weighted by atomic mass is 32.1. The lowest BCUT2D eigenvalue weighted by Crippen LogP contribution is -2.50. The lowest BCUT2D eigenvalue weighted by atomic mass is 10.2. The van der Waals surface area contributed by atoms with Gasteiger partial charge >= 0.3 is 0 Å². The quantitative estimate of drug-likeness (QED) is 0.528. The van der Waals surface area contributed by atoms with Crippen molar-refractivity contribution in [2.75, 3.05) is 26.2 Å². The van der Waals surface area contributed by atoms with Crippen molar-refractivity contribution >= 4 is 40.6 Å². The maximum absolute atomic E-state index is 12.9. The Hall–Kier alpha value is -2.90. The zero-order chi connectivity index (χ0) is 21.6. The average Bonchev–Trinajstić information content (AvgIpc) is 3.50. The number of rotatable bonds is 6. The molecule has 0 aliphatic carbocycles. The second-order valence-corrected chi connectivity index (χ2v) is 9.07. The summed E-state index contributed by atoms with van der Waals surface area (Å²) >= 11 is 2.89. The Labute approximate surface area is 190 Å². The first-order valence-corrected chi connectivity index (χ1v) is 12.0. The van der Waals surface area contributed by atoms with Crippen molar-refractivity contribution in [3.8, 4) is 5.75 Å². The molecule has 3 aromatic rings. The highest BCUT2D eigenvalue weighted by Crippen LogP contribution is 2.23. The van der Waals surface area contributed by atoms with Gasteiger partial charge in [-0.1, -0.05) is 36.4 Å². The van der Waals surface area contributed by atoms with Gasteiger partial charge < -0.3 is 14.5 Å². The van der Waals surface area contributed by atoms with E-state index in [2.05, 4.69) is 0 Å². The van der Waals surface area contributed by atoms with Gasteiger partial charge in [-0.15, -0.1) is 22.7 Å². The maximum Gasteiger partial charge on any atom is 0.264 e. The Kier molecular flexibility index (Phi) is 6.84. The fourth-order valence-electron chi connectivity index (χ4n) is 3.48. The Balaban J connectivity index is 1.32. The van der Waals surface area contributed by atoms with Gasteiger partial charge in [0.1, 0.15) is 12.4 Å². The maximum atomic E-state index is 12.9. The van der Waals surface area contributed by atoms with Gasteiger partial charge in [0.05, 0.1) is 9.75 Å². The number of hydrogen-bond acceptors (Lipinski definition) is 5. The highest BCUT2D eigenvalue weighted by molar-refractivity contribution is 7.12. The third-order valence-electron chi connectivity index (χ3n) is 5.11. The molecule has 160 valence electrons. The summed E-state index contributed by atoms with van der Waals surface area (Å²) in [6.07, 6.45) is 4.00. The average molecular weight is 453 g/mol. The largest absolute Gasteiger partial charge is 0.488 e. The molecule has 4 rings (SSSR count). The van der Waals surface area contributed by atoms with Crippen LogP contribution in [0.5, 0.6) is 5.75 Å². The number of allylic oxidation sites excluding steroid dienone is 1. The number of carbonyl (C=O) groups is 2. The molecular formula is C24H24N2O3S2. The van der Waals surface area contributed by atoms with Crippen molar-refractivity contribution in [1.82, 2.24) is 9.80 Å². The number of para-hydroxylation sites is 1. The number of amides is 2. The summed E-state index contributed by atoms with van der Waals surface area (Å²) in [5.41, 5.74) is 2.02. The van der Waals surface area contributed by atoms with Crippen LogP contribution in [0.15, 0.2) is 59.3 Å². The smallest absolute Gasteiger partial charge is 0.264 e. The number of thiophene rings is 2. The molecule has 5 nitrogen and oxygen atoms in total. The lowest BCUT2D eigenvalue weighted by molar-refractivity contribution is 0.0540. The van der Waals surface area contributed by atoms with E-state index in [9.17, 15) is 9.59 Å². The summed E-state index contributed by atoms with van der Waals surface area (Å²) in [4.78, 5) is 30.5. The standard InChI is InChI=1S/C24H24N2O3S2/c1-2-6-19-7-3-4-8-20(19)29-16-18-15-22(31-17-18)24(28)26-12-10-25(11-13-26)23(27)21-9-5-14-30-21/h2-9,14-15,17H,10-13,16H2,1H3/b6-2+. The summed E-state index contributed by atoms with van der Waals surface area (Å²) < 4.78 is 5.98. The van der Waals surface area contributed by atoms with Crippen LogP contribution in [-0.4, -0.2) is 47.8 Å². The highest BCUT2D eigenvalue weighted by Gasteiger charge is 2.26. The summed E-state index contributed by atoms with van der Waals surface area (Å²) in [7, 11) is 0.